The van der Waals surface area contributed by atoms with Gasteiger partial charge in [-0.2, -0.15) is 0 Å². The molecule has 0 spiro atoms. The largest absolute Gasteiger partial charge is 0.336 e. The first-order valence-corrected chi connectivity index (χ1v) is 6.05. The Morgan fingerprint density at radius 2 is 1.79 bits per heavy atom. The number of hydrogen-bond acceptors (Lipinski definition) is 4. The van der Waals surface area contributed by atoms with Crippen molar-refractivity contribution in [2.75, 3.05) is 26.2 Å². The minimum Gasteiger partial charge on any atom is -0.336 e. The average Bonchev–Trinajstić information content (AvgIpc) is 2.47. The lowest BCUT2D eigenvalue weighted by atomic mass is 10.1. The summed E-state index contributed by atoms with van der Waals surface area (Å²) in [5, 5.41) is 3.23. The van der Waals surface area contributed by atoms with E-state index in [0.29, 0.717) is 5.56 Å². The van der Waals surface area contributed by atoms with Crippen molar-refractivity contribution in [3.05, 3.63) is 36.2 Å². The van der Waals surface area contributed by atoms with Gasteiger partial charge in [-0.25, -0.2) is 0 Å². The summed E-state index contributed by atoms with van der Waals surface area (Å²) in [6.45, 7) is 3.24. The number of aromatic nitrogens is 2. The average molecular weight is 279 g/mol. The second kappa shape index (κ2) is 5.95. The van der Waals surface area contributed by atoms with Crippen LogP contribution in [0, 0.1) is 0 Å². The number of carbonyl (C=O) groups is 1. The van der Waals surface area contributed by atoms with Crippen LogP contribution >= 0.6 is 12.4 Å². The topological polar surface area (TPSA) is 58.1 Å². The predicted octanol–water partition coefficient (Wildman–Crippen LogP) is 1.10. The summed E-state index contributed by atoms with van der Waals surface area (Å²) < 4.78 is 0. The number of carbonyl (C=O) groups excluding carboxylic acids is 1. The van der Waals surface area contributed by atoms with Crippen LogP contribution in [-0.4, -0.2) is 47.0 Å². The fraction of sp³-hybridized carbons (Fsp3) is 0.308. The minimum atomic E-state index is 0. The lowest BCUT2D eigenvalue weighted by Gasteiger charge is -2.27. The maximum absolute atomic E-state index is 12.3. The quantitative estimate of drug-likeness (QED) is 0.849. The second-order valence-electron chi connectivity index (χ2n) is 4.30. The summed E-state index contributed by atoms with van der Waals surface area (Å²) in [6.07, 6.45) is 3.29. The Morgan fingerprint density at radius 3 is 2.53 bits per heavy atom. The van der Waals surface area contributed by atoms with Gasteiger partial charge in [0.1, 0.15) is 0 Å². The van der Waals surface area contributed by atoms with Crippen molar-refractivity contribution in [2.24, 2.45) is 0 Å². The van der Waals surface area contributed by atoms with Crippen LogP contribution in [0.3, 0.4) is 0 Å². The fourth-order valence-corrected chi connectivity index (χ4v) is 2.15. The van der Waals surface area contributed by atoms with Crippen LogP contribution in [0.1, 0.15) is 10.4 Å². The maximum atomic E-state index is 12.3. The molecule has 5 nitrogen and oxygen atoms in total. The highest BCUT2D eigenvalue weighted by Gasteiger charge is 2.18. The molecular formula is C13H15ClN4O. The van der Waals surface area contributed by atoms with Crippen LogP contribution in [0.15, 0.2) is 30.6 Å². The number of hydrogen-bond donors (Lipinski definition) is 1. The molecule has 3 rings (SSSR count). The molecule has 1 saturated heterocycles. The number of nitrogens with one attached hydrogen (secondary N) is 1. The molecule has 0 unspecified atom stereocenters. The van der Waals surface area contributed by atoms with Gasteiger partial charge >= 0.3 is 0 Å². The Bertz CT molecular complexity index is 584. The smallest absolute Gasteiger partial charge is 0.254 e. The van der Waals surface area contributed by atoms with E-state index < -0.39 is 0 Å². The third kappa shape index (κ3) is 2.83. The van der Waals surface area contributed by atoms with Gasteiger partial charge in [-0.3, -0.25) is 14.8 Å². The number of halogens is 1. The number of nitrogens with zero attached hydrogens (tertiary/aromatic N) is 3. The molecule has 1 aromatic heterocycles. The molecule has 1 aromatic carbocycles. The summed E-state index contributed by atoms with van der Waals surface area (Å²) in [5.41, 5.74) is 2.26. The summed E-state index contributed by atoms with van der Waals surface area (Å²) >= 11 is 0. The van der Waals surface area contributed by atoms with Gasteiger partial charge in [0.05, 0.1) is 11.0 Å². The molecule has 1 aliphatic heterocycles. The van der Waals surface area contributed by atoms with Crippen molar-refractivity contribution in [1.29, 1.82) is 0 Å². The van der Waals surface area contributed by atoms with E-state index in [1.165, 1.54) is 0 Å². The van der Waals surface area contributed by atoms with Gasteiger partial charge in [-0.15, -0.1) is 12.4 Å². The summed E-state index contributed by atoms with van der Waals surface area (Å²) in [7, 11) is 0. The second-order valence-corrected chi connectivity index (χ2v) is 4.30. The molecule has 2 heterocycles. The molecule has 1 fully saturated rings. The van der Waals surface area contributed by atoms with Gasteiger partial charge in [0.15, 0.2) is 0 Å². The monoisotopic (exact) mass is 278 g/mol. The zero-order valence-electron chi connectivity index (χ0n) is 10.4. The van der Waals surface area contributed by atoms with E-state index in [1.807, 2.05) is 23.1 Å². The molecular weight excluding hydrogens is 264 g/mol. The van der Waals surface area contributed by atoms with Crippen LogP contribution in [0.5, 0.6) is 0 Å². The van der Waals surface area contributed by atoms with E-state index in [0.717, 1.165) is 37.2 Å². The van der Waals surface area contributed by atoms with E-state index >= 15 is 0 Å². The van der Waals surface area contributed by atoms with Gasteiger partial charge in [0.25, 0.3) is 5.91 Å². The van der Waals surface area contributed by atoms with Crippen LogP contribution in [0.2, 0.25) is 0 Å². The first kappa shape index (κ1) is 13.7. The molecule has 2 aromatic rings. The Hall–Kier alpha value is -1.72. The number of rotatable bonds is 1. The van der Waals surface area contributed by atoms with E-state index in [9.17, 15) is 4.79 Å². The first-order chi connectivity index (χ1) is 8.84. The normalized spacial score (nSPS) is 15.1. The number of fused-ring (bicyclic) bond motifs is 1. The highest BCUT2D eigenvalue weighted by molar-refractivity contribution is 5.97. The molecule has 0 radical (unpaired) electrons. The number of benzene rings is 1. The highest BCUT2D eigenvalue weighted by Crippen LogP contribution is 2.13. The van der Waals surface area contributed by atoms with Crippen LogP contribution < -0.4 is 5.32 Å². The van der Waals surface area contributed by atoms with E-state index in [2.05, 4.69) is 15.3 Å². The highest BCUT2D eigenvalue weighted by atomic mass is 35.5. The third-order valence-corrected chi connectivity index (χ3v) is 3.12. The zero-order valence-corrected chi connectivity index (χ0v) is 11.2. The van der Waals surface area contributed by atoms with Crippen molar-refractivity contribution in [3.8, 4) is 0 Å². The lowest BCUT2D eigenvalue weighted by Crippen LogP contribution is -2.46. The van der Waals surface area contributed by atoms with Gasteiger partial charge in [0, 0.05) is 44.1 Å². The Labute approximate surface area is 117 Å². The van der Waals surface area contributed by atoms with Crippen LogP contribution in [0.4, 0.5) is 0 Å². The lowest BCUT2D eigenvalue weighted by molar-refractivity contribution is 0.0736. The molecule has 0 saturated carbocycles. The van der Waals surface area contributed by atoms with Gasteiger partial charge in [-0.1, -0.05) is 0 Å². The van der Waals surface area contributed by atoms with Crippen LogP contribution in [0.25, 0.3) is 11.0 Å². The van der Waals surface area contributed by atoms with Gasteiger partial charge in [0.2, 0.25) is 0 Å². The summed E-state index contributed by atoms with van der Waals surface area (Å²) in [6, 6.07) is 5.48. The van der Waals surface area contributed by atoms with Crippen molar-refractivity contribution >= 4 is 29.3 Å². The van der Waals surface area contributed by atoms with Crippen molar-refractivity contribution < 1.29 is 4.79 Å². The molecule has 0 bridgehead atoms. The minimum absolute atomic E-state index is 0. The Balaban J connectivity index is 0.00000133. The molecule has 0 aliphatic carbocycles. The standard InChI is InChI=1S/C13H14N4O.ClH/c18-13(17-7-5-14-6-8-17)10-1-2-11-12(9-10)16-4-3-15-11;/h1-4,9,14H,5-8H2;1H. The molecule has 6 heteroatoms. The van der Waals surface area contributed by atoms with Gasteiger partial charge in [-0.05, 0) is 18.2 Å². The van der Waals surface area contributed by atoms with Gasteiger partial charge < -0.3 is 10.2 Å². The third-order valence-electron chi connectivity index (χ3n) is 3.12. The molecule has 1 aliphatic rings. The summed E-state index contributed by atoms with van der Waals surface area (Å²) in [5.74, 6) is 0.0732. The van der Waals surface area contributed by atoms with Crippen LogP contribution in [-0.2, 0) is 0 Å². The van der Waals surface area contributed by atoms with E-state index in [4.69, 9.17) is 0 Å². The summed E-state index contributed by atoms with van der Waals surface area (Å²) in [4.78, 5) is 22.6. The van der Waals surface area contributed by atoms with E-state index in [1.54, 1.807) is 12.4 Å². The Kier molecular flexibility index (Phi) is 4.29. The number of amides is 1. The molecule has 100 valence electrons. The molecule has 19 heavy (non-hydrogen) atoms. The SMILES string of the molecule is Cl.O=C(c1ccc2nccnc2c1)N1CCNCC1. The van der Waals surface area contributed by atoms with E-state index in [-0.39, 0.29) is 18.3 Å². The van der Waals surface area contributed by atoms with Crippen molar-refractivity contribution in [2.45, 2.75) is 0 Å². The molecule has 1 amide bonds. The molecule has 0 atom stereocenters. The molecule has 1 N–H and O–H groups in total. The predicted molar refractivity (Wildman–Crippen MR) is 75.6 cm³/mol. The van der Waals surface area contributed by atoms with Crippen molar-refractivity contribution in [3.63, 3.8) is 0 Å². The number of piperazine rings is 1. The zero-order chi connectivity index (χ0) is 12.4. The van der Waals surface area contributed by atoms with Crippen molar-refractivity contribution in [1.82, 2.24) is 20.2 Å². The fourth-order valence-electron chi connectivity index (χ4n) is 2.15. The first-order valence-electron chi connectivity index (χ1n) is 6.05. The Morgan fingerprint density at radius 1 is 1.11 bits per heavy atom. The maximum Gasteiger partial charge on any atom is 0.254 e.